The van der Waals surface area contributed by atoms with Gasteiger partial charge in [-0.3, -0.25) is 4.57 Å². The summed E-state index contributed by atoms with van der Waals surface area (Å²) in [5, 5.41) is 14.1. The van der Waals surface area contributed by atoms with Crippen LogP contribution in [-0.2, 0) is 6.54 Å². The summed E-state index contributed by atoms with van der Waals surface area (Å²) in [6.07, 6.45) is 4.53. The summed E-state index contributed by atoms with van der Waals surface area (Å²) in [7, 11) is 1.67. The monoisotopic (exact) mass is 355 g/mol. The Morgan fingerprint density at radius 3 is 2.60 bits per heavy atom. The highest BCUT2D eigenvalue weighted by Crippen LogP contribution is 2.27. The summed E-state index contributed by atoms with van der Waals surface area (Å²) in [4.78, 5) is 2.32. The second-order valence-corrected chi connectivity index (χ2v) is 6.95. The van der Waals surface area contributed by atoms with Gasteiger partial charge in [-0.05, 0) is 49.2 Å². The van der Waals surface area contributed by atoms with Gasteiger partial charge in [-0.15, -0.1) is 10.2 Å². The zero-order valence-electron chi connectivity index (χ0n) is 14.2. The number of aromatic nitrogens is 3. The quantitative estimate of drug-likeness (QED) is 0.733. The first-order chi connectivity index (χ1) is 12.3. The molecule has 3 aromatic rings. The van der Waals surface area contributed by atoms with E-state index in [0.29, 0.717) is 0 Å². The molecule has 25 heavy (non-hydrogen) atoms. The zero-order valence-corrected chi connectivity index (χ0v) is 15.0. The topological polar surface area (TPSA) is 55.2 Å². The minimum atomic E-state index is 0.720. The molecule has 1 fully saturated rings. The third-order valence-electron chi connectivity index (χ3n) is 4.38. The van der Waals surface area contributed by atoms with E-state index in [1.54, 1.807) is 18.4 Å². The van der Waals surface area contributed by atoms with Crippen molar-refractivity contribution in [1.29, 1.82) is 0 Å². The standard InChI is InChI=1S/C18H21N5OS/c1-24-16-8-6-14(7-9-16)19-13-15-5-4-12-23(15)18-21-20-17(25-18)22-10-2-3-11-22/h4-9,12,19H,2-3,10-11,13H2,1H3. The summed E-state index contributed by atoms with van der Waals surface area (Å²) in [6.45, 7) is 2.90. The van der Waals surface area contributed by atoms with Crippen molar-refractivity contribution < 1.29 is 4.74 Å². The first-order valence-corrected chi connectivity index (χ1v) is 9.28. The Morgan fingerprint density at radius 2 is 1.84 bits per heavy atom. The molecule has 0 atom stereocenters. The van der Waals surface area contributed by atoms with E-state index in [0.717, 1.165) is 47.0 Å². The van der Waals surface area contributed by atoms with Crippen molar-refractivity contribution in [2.24, 2.45) is 0 Å². The Balaban J connectivity index is 1.46. The van der Waals surface area contributed by atoms with Gasteiger partial charge in [0.15, 0.2) is 0 Å². The molecule has 130 valence electrons. The van der Waals surface area contributed by atoms with Crippen LogP contribution in [0.1, 0.15) is 18.5 Å². The van der Waals surface area contributed by atoms with Crippen molar-refractivity contribution in [2.75, 3.05) is 30.4 Å². The molecule has 1 aliphatic rings. The lowest BCUT2D eigenvalue weighted by Gasteiger charge is -2.11. The summed E-state index contributed by atoms with van der Waals surface area (Å²) in [5.74, 6) is 0.859. The van der Waals surface area contributed by atoms with Gasteiger partial charge in [0.1, 0.15) is 5.75 Å². The molecule has 0 aliphatic carbocycles. The van der Waals surface area contributed by atoms with E-state index in [1.165, 1.54) is 12.8 Å². The van der Waals surface area contributed by atoms with Crippen molar-refractivity contribution in [1.82, 2.24) is 14.8 Å². The highest BCUT2D eigenvalue weighted by atomic mass is 32.1. The largest absolute Gasteiger partial charge is 0.497 e. The van der Waals surface area contributed by atoms with Gasteiger partial charge >= 0.3 is 0 Å². The van der Waals surface area contributed by atoms with Crippen LogP contribution in [0.4, 0.5) is 10.8 Å². The van der Waals surface area contributed by atoms with E-state index in [4.69, 9.17) is 4.74 Å². The maximum Gasteiger partial charge on any atom is 0.218 e. The molecule has 0 saturated carbocycles. The van der Waals surface area contributed by atoms with Crippen molar-refractivity contribution in [3.05, 3.63) is 48.3 Å². The number of nitrogens with zero attached hydrogens (tertiary/aromatic N) is 4. The molecular formula is C18H21N5OS. The second kappa shape index (κ2) is 7.14. The number of anilines is 2. The van der Waals surface area contributed by atoms with Gasteiger partial charge in [0.05, 0.1) is 13.7 Å². The molecule has 1 N–H and O–H groups in total. The molecule has 4 rings (SSSR count). The predicted octanol–water partition coefficient (Wildman–Crippen LogP) is 3.55. The van der Waals surface area contributed by atoms with Crippen molar-refractivity contribution >= 4 is 22.2 Å². The number of hydrogen-bond acceptors (Lipinski definition) is 6. The van der Waals surface area contributed by atoms with Crippen LogP contribution in [0.2, 0.25) is 0 Å². The molecular weight excluding hydrogens is 334 g/mol. The Labute approximate surface area is 151 Å². The lowest BCUT2D eigenvalue weighted by atomic mass is 10.3. The number of ether oxygens (including phenoxy) is 1. The third-order valence-corrected chi connectivity index (χ3v) is 5.37. The Bertz CT molecular complexity index is 820. The van der Waals surface area contributed by atoms with Gasteiger partial charge in [0.25, 0.3) is 0 Å². The normalized spacial score (nSPS) is 14.0. The van der Waals surface area contributed by atoms with E-state index in [2.05, 4.69) is 31.0 Å². The van der Waals surface area contributed by atoms with E-state index < -0.39 is 0 Å². The fourth-order valence-electron chi connectivity index (χ4n) is 2.99. The van der Waals surface area contributed by atoms with Crippen LogP contribution >= 0.6 is 11.3 Å². The van der Waals surface area contributed by atoms with Gasteiger partial charge in [-0.1, -0.05) is 11.3 Å². The highest BCUT2D eigenvalue weighted by Gasteiger charge is 2.17. The molecule has 0 spiro atoms. The number of hydrogen-bond donors (Lipinski definition) is 1. The van der Waals surface area contributed by atoms with Crippen LogP contribution in [0, 0.1) is 0 Å². The lowest BCUT2D eigenvalue weighted by molar-refractivity contribution is 0.415. The average molecular weight is 355 g/mol. The molecule has 1 saturated heterocycles. The maximum atomic E-state index is 5.19. The SMILES string of the molecule is COc1ccc(NCc2cccn2-c2nnc(N3CCCC3)s2)cc1. The molecule has 0 bridgehead atoms. The Morgan fingerprint density at radius 1 is 1.08 bits per heavy atom. The lowest BCUT2D eigenvalue weighted by Crippen LogP contribution is -2.17. The summed E-state index contributed by atoms with van der Waals surface area (Å²) >= 11 is 1.65. The van der Waals surface area contributed by atoms with Crippen LogP contribution in [0.25, 0.3) is 5.13 Å². The van der Waals surface area contributed by atoms with Gasteiger partial charge in [-0.2, -0.15) is 0 Å². The predicted molar refractivity (Wildman–Crippen MR) is 101 cm³/mol. The molecule has 0 unspecified atom stereocenters. The number of rotatable bonds is 6. The second-order valence-electron chi connectivity index (χ2n) is 6.01. The van der Waals surface area contributed by atoms with Gasteiger partial charge < -0.3 is 15.0 Å². The number of benzene rings is 1. The zero-order chi connectivity index (χ0) is 17.1. The molecule has 0 amide bonds. The van der Waals surface area contributed by atoms with Crippen LogP contribution in [0.3, 0.4) is 0 Å². The molecule has 1 aliphatic heterocycles. The maximum absolute atomic E-state index is 5.19. The van der Waals surface area contributed by atoms with E-state index in [-0.39, 0.29) is 0 Å². The average Bonchev–Trinajstić information content (AvgIpc) is 3.40. The Hall–Kier alpha value is -2.54. The minimum Gasteiger partial charge on any atom is -0.497 e. The molecule has 7 heteroatoms. The Kier molecular flexibility index (Phi) is 4.56. The fourth-order valence-corrected chi connectivity index (χ4v) is 3.90. The molecule has 1 aromatic carbocycles. The van der Waals surface area contributed by atoms with Crippen LogP contribution in [-0.4, -0.2) is 35.0 Å². The summed E-state index contributed by atoms with van der Waals surface area (Å²) < 4.78 is 7.30. The van der Waals surface area contributed by atoms with Gasteiger partial charge in [-0.25, -0.2) is 0 Å². The van der Waals surface area contributed by atoms with Crippen molar-refractivity contribution in [3.63, 3.8) is 0 Å². The molecule has 2 aromatic heterocycles. The molecule has 3 heterocycles. The summed E-state index contributed by atoms with van der Waals surface area (Å²) in [6, 6.07) is 12.1. The van der Waals surface area contributed by atoms with E-state index in [1.807, 2.05) is 36.5 Å². The highest BCUT2D eigenvalue weighted by molar-refractivity contribution is 7.17. The van der Waals surface area contributed by atoms with Crippen LogP contribution < -0.4 is 15.0 Å². The van der Waals surface area contributed by atoms with E-state index in [9.17, 15) is 0 Å². The van der Waals surface area contributed by atoms with Crippen molar-refractivity contribution in [2.45, 2.75) is 19.4 Å². The third kappa shape index (κ3) is 3.46. The molecule has 6 nitrogen and oxygen atoms in total. The number of methoxy groups -OCH3 is 1. The first kappa shape index (κ1) is 16.0. The first-order valence-electron chi connectivity index (χ1n) is 8.46. The summed E-state index contributed by atoms with van der Waals surface area (Å²) in [5.41, 5.74) is 2.21. The minimum absolute atomic E-state index is 0.720. The molecule has 0 radical (unpaired) electrons. The fraction of sp³-hybridized carbons (Fsp3) is 0.333. The van der Waals surface area contributed by atoms with Gasteiger partial charge in [0, 0.05) is 30.7 Å². The smallest absolute Gasteiger partial charge is 0.218 e. The van der Waals surface area contributed by atoms with Crippen molar-refractivity contribution in [3.8, 4) is 10.9 Å². The van der Waals surface area contributed by atoms with Crippen LogP contribution in [0.15, 0.2) is 42.6 Å². The van der Waals surface area contributed by atoms with Crippen LogP contribution in [0.5, 0.6) is 5.75 Å². The van der Waals surface area contributed by atoms with E-state index >= 15 is 0 Å². The van der Waals surface area contributed by atoms with Gasteiger partial charge in [0.2, 0.25) is 10.3 Å². The number of nitrogens with one attached hydrogen (secondary N) is 1.